The van der Waals surface area contributed by atoms with Crippen molar-refractivity contribution >= 4 is 29.2 Å². The number of hydrogen-bond donors (Lipinski definition) is 1. The molecule has 0 aromatic heterocycles. The number of aliphatic hydroxyl groups excluding tert-OH is 1. The fourth-order valence-corrected chi connectivity index (χ4v) is 3.41. The summed E-state index contributed by atoms with van der Waals surface area (Å²) in [6.07, 6.45) is 1.92. The number of nitriles is 1. The van der Waals surface area contributed by atoms with Gasteiger partial charge in [-0.1, -0.05) is 18.5 Å². The predicted octanol–water partition coefficient (Wildman–Crippen LogP) is 2.76. The largest absolute Gasteiger partial charge is 0.510 e. The molecule has 3 amide bonds. The molecule has 118 valence electrons. The summed E-state index contributed by atoms with van der Waals surface area (Å²) in [4.78, 5) is 27.8. The summed E-state index contributed by atoms with van der Waals surface area (Å²) in [5.41, 5.74) is -0.168. The number of benzene rings is 1. The maximum absolute atomic E-state index is 12.8. The third kappa shape index (κ3) is 1.80. The van der Waals surface area contributed by atoms with Crippen LogP contribution in [-0.2, 0) is 11.2 Å². The van der Waals surface area contributed by atoms with E-state index in [1.165, 1.54) is 24.0 Å². The molecular weight excluding hydrogens is 318 g/mol. The van der Waals surface area contributed by atoms with Crippen LogP contribution in [0.2, 0.25) is 5.02 Å². The monoisotopic (exact) mass is 331 g/mol. The number of anilines is 1. The highest BCUT2D eigenvalue weighted by Crippen LogP contribution is 2.41. The smallest absolute Gasteiger partial charge is 0.332 e. The molecule has 1 atom stereocenters. The van der Waals surface area contributed by atoms with Crippen LogP contribution >= 0.6 is 11.6 Å². The van der Waals surface area contributed by atoms with Gasteiger partial charge in [0.25, 0.3) is 5.91 Å². The van der Waals surface area contributed by atoms with E-state index in [-0.39, 0.29) is 17.3 Å². The van der Waals surface area contributed by atoms with Gasteiger partial charge in [-0.15, -0.1) is 0 Å². The summed E-state index contributed by atoms with van der Waals surface area (Å²) in [7, 11) is 0. The van der Waals surface area contributed by atoms with Gasteiger partial charge in [0.05, 0.1) is 16.3 Å². The maximum atomic E-state index is 12.8. The van der Waals surface area contributed by atoms with E-state index < -0.39 is 17.5 Å². The molecule has 1 aromatic carbocycles. The van der Waals surface area contributed by atoms with Gasteiger partial charge in [0.1, 0.15) is 11.8 Å². The van der Waals surface area contributed by atoms with Crippen LogP contribution in [0, 0.1) is 11.3 Å². The topological polar surface area (TPSA) is 84.6 Å². The van der Waals surface area contributed by atoms with Crippen molar-refractivity contribution < 1.29 is 14.7 Å². The molecule has 6 nitrogen and oxygen atoms in total. The third-order valence-electron chi connectivity index (χ3n) is 4.48. The second-order valence-corrected chi connectivity index (χ2v) is 5.96. The second kappa shape index (κ2) is 5.00. The molecule has 3 rings (SSSR count). The summed E-state index contributed by atoms with van der Waals surface area (Å²) in [5.74, 6) is -0.652. The number of carbonyl (C=O) groups is 2. The second-order valence-electron chi connectivity index (χ2n) is 5.59. The summed E-state index contributed by atoms with van der Waals surface area (Å²) in [5, 5.41) is 19.3. The van der Waals surface area contributed by atoms with E-state index in [0.717, 1.165) is 4.90 Å². The van der Waals surface area contributed by atoms with Gasteiger partial charge < -0.3 is 5.11 Å². The van der Waals surface area contributed by atoms with Crippen molar-refractivity contribution in [1.82, 2.24) is 4.90 Å². The van der Waals surface area contributed by atoms with Crippen LogP contribution in [0.5, 0.6) is 0 Å². The average Bonchev–Trinajstić information content (AvgIpc) is 2.93. The lowest BCUT2D eigenvalue weighted by molar-refractivity contribution is -0.123. The molecule has 0 aliphatic carbocycles. The van der Waals surface area contributed by atoms with Crippen molar-refractivity contribution in [3.8, 4) is 6.07 Å². The van der Waals surface area contributed by atoms with E-state index in [2.05, 4.69) is 0 Å². The molecule has 2 aliphatic rings. The van der Waals surface area contributed by atoms with Gasteiger partial charge in [-0.25, -0.2) is 9.69 Å². The van der Waals surface area contributed by atoms with Gasteiger partial charge in [-0.2, -0.15) is 5.26 Å². The van der Waals surface area contributed by atoms with E-state index in [1.807, 2.05) is 13.0 Å². The standard InChI is InChI=1S/C16H14ClN3O3/c1-3-10-11(5-4-9(8-18)13(10)17)20-14(22)16(2)12(21)6-7-19(16)15(20)23/h4-6,21H,3,7H2,1-2H3. The lowest BCUT2D eigenvalue weighted by Crippen LogP contribution is -2.44. The average molecular weight is 332 g/mol. The van der Waals surface area contributed by atoms with Crippen molar-refractivity contribution in [1.29, 1.82) is 5.26 Å². The van der Waals surface area contributed by atoms with Crippen molar-refractivity contribution in [3.63, 3.8) is 0 Å². The Kier molecular flexibility index (Phi) is 3.34. The van der Waals surface area contributed by atoms with Crippen molar-refractivity contribution in [2.75, 3.05) is 11.4 Å². The minimum Gasteiger partial charge on any atom is -0.510 e. The van der Waals surface area contributed by atoms with Crippen LogP contribution < -0.4 is 4.90 Å². The number of nitrogens with zero attached hydrogens (tertiary/aromatic N) is 3. The van der Waals surface area contributed by atoms with E-state index in [0.29, 0.717) is 23.2 Å². The summed E-state index contributed by atoms with van der Waals surface area (Å²) < 4.78 is 0. The third-order valence-corrected chi connectivity index (χ3v) is 4.91. The van der Waals surface area contributed by atoms with Gasteiger partial charge in [0, 0.05) is 6.54 Å². The Balaban J connectivity index is 2.16. The Morgan fingerprint density at radius 1 is 1.43 bits per heavy atom. The number of carbonyl (C=O) groups excluding carboxylic acids is 2. The van der Waals surface area contributed by atoms with Crippen molar-refractivity contribution in [2.24, 2.45) is 0 Å². The highest BCUT2D eigenvalue weighted by molar-refractivity contribution is 6.33. The number of fused-ring (bicyclic) bond motifs is 1. The molecule has 0 saturated carbocycles. The van der Waals surface area contributed by atoms with Gasteiger partial charge in [0.15, 0.2) is 5.54 Å². The Hall–Kier alpha value is -2.52. The van der Waals surface area contributed by atoms with Crippen LogP contribution in [-0.4, -0.2) is 34.0 Å². The normalized spacial score (nSPS) is 23.1. The van der Waals surface area contributed by atoms with Crippen LogP contribution in [0.4, 0.5) is 10.5 Å². The zero-order valence-corrected chi connectivity index (χ0v) is 13.4. The number of imide groups is 1. The highest BCUT2D eigenvalue weighted by Gasteiger charge is 2.59. The fraction of sp³-hybridized carbons (Fsp3) is 0.312. The van der Waals surface area contributed by atoms with E-state index in [9.17, 15) is 14.7 Å². The lowest BCUT2D eigenvalue weighted by Gasteiger charge is -2.23. The van der Waals surface area contributed by atoms with Gasteiger partial charge in [-0.05, 0) is 37.1 Å². The van der Waals surface area contributed by atoms with Gasteiger partial charge in [-0.3, -0.25) is 9.69 Å². The minimum absolute atomic E-state index is 0.129. The SMILES string of the molecule is CCc1c(N2C(=O)N3CC=C(O)C3(C)C2=O)ccc(C#N)c1Cl. The summed E-state index contributed by atoms with van der Waals surface area (Å²) in [6, 6.07) is 4.51. The first-order valence-electron chi connectivity index (χ1n) is 7.15. The van der Waals surface area contributed by atoms with Gasteiger partial charge in [0.2, 0.25) is 0 Å². The molecule has 2 heterocycles. The zero-order chi connectivity index (χ0) is 16.9. The van der Waals surface area contributed by atoms with Crippen LogP contribution in [0.25, 0.3) is 0 Å². The molecule has 1 unspecified atom stereocenters. The van der Waals surface area contributed by atoms with Gasteiger partial charge >= 0.3 is 6.03 Å². The van der Waals surface area contributed by atoms with E-state index in [4.69, 9.17) is 16.9 Å². The molecular formula is C16H14ClN3O3. The van der Waals surface area contributed by atoms with Crippen LogP contribution in [0.1, 0.15) is 25.0 Å². The molecule has 0 radical (unpaired) electrons. The number of amides is 3. The number of rotatable bonds is 2. The number of aliphatic hydroxyl groups is 1. The maximum Gasteiger partial charge on any atom is 0.332 e. The summed E-state index contributed by atoms with van der Waals surface area (Å²) in [6.45, 7) is 3.52. The lowest BCUT2D eigenvalue weighted by atomic mass is 10.00. The first-order chi connectivity index (χ1) is 10.9. The first-order valence-corrected chi connectivity index (χ1v) is 7.52. The van der Waals surface area contributed by atoms with Crippen LogP contribution in [0.3, 0.4) is 0 Å². The number of hydrogen-bond acceptors (Lipinski definition) is 4. The molecule has 1 aromatic rings. The minimum atomic E-state index is -1.37. The van der Waals surface area contributed by atoms with Crippen molar-refractivity contribution in [3.05, 3.63) is 40.1 Å². The Morgan fingerprint density at radius 3 is 2.70 bits per heavy atom. The zero-order valence-electron chi connectivity index (χ0n) is 12.6. The molecule has 1 N–H and O–H groups in total. The molecule has 7 heteroatoms. The molecule has 0 spiro atoms. The van der Waals surface area contributed by atoms with Crippen LogP contribution in [0.15, 0.2) is 24.0 Å². The first kappa shape index (κ1) is 15.4. The predicted molar refractivity (Wildman–Crippen MR) is 84.2 cm³/mol. The molecule has 1 saturated heterocycles. The van der Waals surface area contributed by atoms with E-state index in [1.54, 1.807) is 6.07 Å². The fourth-order valence-electron chi connectivity index (χ4n) is 3.07. The number of halogens is 1. The Labute approximate surface area is 138 Å². The quantitative estimate of drug-likeness (QED) is 0.844. The Morgan fingerprint density at radius 2 is 2.13 bits per heavy atom. The Bertz CT molecular complexity index is 812. The van der Waals surface area contributed by atoms with E-state index >= 15 is 0 Å². The summed E-state index contributed by atoms with van der Waals surface area (Å²) >= 11 is 6.23. The highest BCUT2D eigenvalue weighted by atomic mass is 35.5. The van der Waals surface area contributed by atoms with Crippen molar-refractivity contribution in [2.45, 2.75) is 25.8 Å². The molecule has 2 aliphatic heterocycles. The molecule has 0 bridgehead atoms. The number of urea groups is 1. The molecule has 23 heavy (non-hydrogen) atoms. The molecule has 1 fully saturated rings.